The molecule has 4 aromatic rings. The maximum atomic E-state index is 11.6. The first kappa shape index (κ1) is 23.5. The maximum absolute atomic E-state index is 11.6. The van der Waals surface area contributed by atoms with Crippen molar-refractivity contribution >= 4 is 38.2 Å². The summed E-state index contributed by atoms with van der Waals surface area (Å²) in [6.07, 6.45) is 0.396. The van der Waals surface area contributed by atoms with Crippen molar-refractivity contribution in [1.82, 2.24) is 24.6 Å². The van der Waals surface area contributed by atoms with E-state index in [4.69, 9.17) is 14.3 Å². The minimum Gasteiger partial charge on any atom is -0.483 e. The van der Waals surface area contributed by atoms with E-state index in [9.17, 15) is 8.42 Å². The van der Waals surface area contributed by atoms with Crippen LogP contribution >= 0.6 is 11.3 Å². The molecule has 32 heavy (non-hydrogen) atoms. The number of hydrogen-bond acceptors (Lipinski definition) is 8. The Labute approximate surface area is 188 Å². The summed E-state index contributed by atoms with van der Waals surface area (Å²) < 4.78 is 34.5. The fourth-order valence-corrected chi connectivity index (χ4v) is 4.61. The Kier molecular flexibility index (Phi) is 8.00. The van der Waals surface area contributed by atoms with Crippen LogP contribution in [0.25, 0.3) is 21.3 Å². The molecular weight excluding hydrogens is 454 g/mol. The van der Waals surface area contributed by atoms with Crippen LogP contribution in [0.1, 0.15) is 23.7 Å². The molecular formula is C20H21N5O5S2. The van der Waals surface area contributed by atoms with Crippen molar-refractivity contribution in [3.63, 3.8) is 0 Å². The van der Waals surface area contributed by atoms with Gasteiger partial charge in [0.25, 0.3) is 16.7 Å². The highest BCUT2D eigenvalue weighted by Crippen LogP contribution is 2.29. The topological polar surface area (TPSA) is 147 Å². The molecule has 0 aliphatic heterocycles. The molecule has 12 heteroatoms. The van der Waals surface area contributed by atoms with Crippen molar-refractivity contribution in [3.8, 4) is 11.1 Å². The van der Waals surface area contributed by atoms with Crippen LogP contribution in [0.4, 0.5) is 0 Å². The van der Waals surface area contributed by atoms with E-state index < -0.39 is 10.2 Å². The number of aromatic nitrogens is 3. The Bertz CT molecular complexity index is 1270. The van der Waals surface area contributed by atoms with Crippen LogP contribution in [0.15, 0.2) is 52.9 Å². The van der Waals surface area contributed by atoms with Crippen molar-refractivity contribution in [2.75, 3.05) is 6.54 Å². The van der Waals surface area contributed by atoms with E-state index in [0.29, 0.717) is 18.9 Å². The van der Waals surface area contributed by atoms with E-state index >= 15 is 0 Å². The second-order valence-corrected chi connectivity index (χ2v) is 9.05. The molecule has 3 N–H and O–H groups in total. The summed E-state index contributed by atoms with van der Waals surface area (Å²) in [5.74, 6) is 0.596. The van der Waals surface area contributed by atoms with Gasteiger partial charge in [0.15, 0.2) is 0 Å². The lowest BCUT2D eigenvalue weighted by Crippen LogP contribution is -2.35. The molecule has 0 amide bonds. The molecule has 168 valence electrons. The molecule has 2 heterocycles. The van der Waals surface area contributed by atoms with Crippen LogP contribution in [0.2, 0.25) is 0 Å². The van der Waals surface area contributed by atoms with Crippen LogP contribution in [0.5, 0.6) is 0 Å². The average Bonchev–Trinajstić information content (AvgIpc) is 3.39. The minimum atomic E-state index is -3.56. The lowest BCUT2D eigenvalue weighted by atomic mass is 10.1. The number of nitrogens with one attached hydrogen (secondary N) is 2. The zero-order valence-electron chi connectivity index (χ0n) is 17.1. The van der Waals surface area contributed by atoms with Gasteiger partial charge < -0.3 is 9.52 Å². The molecule has 4 rings (SSSR count). The highest BCUT2D eigenvalue weighted by atomic mass is 32.2. The predicted octanol–water partition coefficient (Wildman–Crippen LogP) is 2.58. The number of carboxylic acid groups (broad SMARTS) is 1. The number of carbonyl (C=O) groups is 1. The monoisotopic (exact) mass is 475 g/mol. The Morgan fingerprint density at radius 1 is 1.06 bits per heavy atom. The molecule has 0 aliphatic rings. The Hall–Kier alpha value is -3.19. The molecule has 0 radical (unpaired) electrons. The first-order chi connectivity index (χ1) is 15.4. The largest absolute Gasteiger partial charge is 0.483 e. The SMILES string of the molecule is CCNS(=O)(=O)NCc1nnc(Cc2nc3ccc(-c4ccccc4)cc3s2)o1.O=CO. The first-order valence-corrected chi connectivity index (χ1v) is 11.8. The average molecular weight is 476 g/mol. The summed E-state index contributed by atoms with van der Waals surface area (Å²) in [5, 5.41) is 15.6. The number of nitrogens with zero attached hydrogens (tertiary/aromatic N) is 3. The van der Waals surface area contributed by atoms with Gasteiger partial charge in [0.05, 0.1) is 23.2 Å². The summed E-state index contributed by atoms with van der Waals surface area (Å²) >= 11 is 1.57. The van der Waals surface area contributed by atoms with Crippen LogP contribution in [-0.2, 0) is 28.0 Å². The quantitative estimate of drug-likeness (QED) is 0.329. The van der Waals surface area contributed by atoms with Gasteiger partial charge in [-0.1, -0.05) is 43.3 Å². The second-order valence-electron chi connectivity index (χ2n) is 6.35. The summed E-state index contributed by atoms with van der Waals surface area (Å²) in [6, 6.07) is 16.4. The van der Waals surface area contributed by atoms with E-state index in [1.54, 1.807) is 18.3 Å². The van der Waals surface area contributed by atoms with E-state index in [0.717, 1.165) is 26.4 Å². The maximum Gasteiger partial charge on any atom is 0.290 e. The standard InChI is InChI=1S/C19H19N5O3S2.CH2O2/c1-2-20-29(25,26)21-12-18-24-23-17(27-18)11-19-22-15-9-8-14(10-16(15)28-19)13-6-4-3-5-7-13;2-1-3/h3-10,20-21H,2,11-12H2,1H3;1H,(H,2,3). The Morgan fingerprint density at radius 2 is 1.78 bits per heavy atom. The summed E-state index contributed by atoms with van der Waals surface area (Å²) in [6.45, 7) is 1.68. The fourth-order valence-electron chi connectivity index (χ4n) is 2.82. The van der Waals surface area contributed by atoms with Gasteiger partial charge in [0, 0.05) is 6.54 Å². The second kappa shape index (κ2) is 10.9. The van der Waals surface area contributed by atoms with E-state index in [1.807, 2.05) is 24.3 Å². The van der Waals surface area contributed by atoms with E-state index in [1.165, 1.54) is 0 Å². The minimum absolute atomic E-state index is 0.0669. The van der Waals surface area contributed by atoms with Crippen LogP contribution in [0.3, 0.4) is 0 Å². The van der Waals surface area contributed by atoms with Crippen LogP contribution in [-0.4, -0.2) is 41.7 Å². The Balaban J connectivity index is 0.000000913. The third-order valence-corrected chi connectivity index (χ3v) is 6.31. The van der Waals surface area contributed by atoms with Crippen molar-refractivity contribution < 1.29 is 22.7 Å². The number of benzene rings is 2. The predicted molar refractivity (Wildman–Crippen MR) is 120 cm³/mol. The highest BCUT2D eigenvalue weighted by Gasteiger charge is 2.14. The lowest BCUT2D eigenvalue weighted by molar-refractivity contribution is -0.122. The molecule has 0 spiro atoms. The van der Waals surface area contributed by atoms with Crippen molar-refractivity contribution in [3.05, 3.63) is 65.3 Å². The van der Waals surface area contributed by atoms with Gasteiger partial charge in [0.1, 0.15) is 5.01 Å². The molecule has 0 bridgehead atoms. The highest BCUT2D eigenvalue weighted by molar-refractivity contribution is 7.87. The third kappa shape index (κ3) is 6.40. The summed E-state index contributed by atoms with van der Waals surface area (Å²) in [4.78, 5) is 13.0. The molecule has 10 nitrogen and oxygen atoms in total. The number of fused-ring (bicyclic) bond motifs is 1. The molecule has 2 aromatic carbocycles. The van der Waals surface area contributed by atoms with E-state index in [-0.39, 0.29) is 18.9 Å². The Morgan fingerprint density at radius 3 is 2.50 bits per heavy atom. The molecule has 0 aliphatic carbocycles. The van der Waals surface area contributed by atoms with Crippen molar-refractivity contribution in [2.45, 2.75) is 19.9 Å². The molecule has 0 saturated carbocycles. The number of hydrogen-bond donors (Lipinski definition) is 3. The number of thiazole rings is 1. The smallest absolute Gasteiger partial charge is 0.290 e. The molecule has 0 unspecified atom stereocenters. The molecule has 2 aromatic heterocycles. The van der Waals surface area contributed by atoms with Gasteiger partial charge in [-0.3, -0.25) is 4.79 Å². The molecule has 0 saturated heterocycles. The fraction of sp³-hybridized carbons (Fsp3) is 0.200. The van der Waals surface area contributed by atoms with E-state index in [2.05, 4.69) is 48.9 Å². The first-order valence-electron chi connectivity index (χ1n) is 9.52. The zero-order chi connectivity index (χ0) is 23.0. The summed E-state index contributed by atoms with van der Waals surface area (Å²) in [7, 11) is -3.56. The third-order valence-electron chi connectivity index (χ3n) is 4.10. The molecule has 0 fully saturated rings. The van der Waals surface area contributed by atoms with Gasteiger partial charge in [-0.25, -0.2) is 9.71 Å². The van der Waals surface area contributed by atoms with Gasteiger partial charge in [-0.2, -0.15) is 13.1 Å². The van der Waals surface area contributed by atoms with Crippen molar-refractivity contribution in [2.24, 2.45) is 0 Å². The van der Waals surface area contributed by atoms with Crippen molar-refractivity contribution in [1.29, 1.82) is 0 Å². The molecule has 0 atom stereocenters. The van der Waals surface area contributed by atoms with Crippen LogP contribution in [0, 0.1) is 0 Å². The van der Waals surface area contributed by atoms with Crippen LogP contribution < -0.4 is 9.44 Å². The summed E-state index contributed by atoms with van der Waals surface area (Å²) in [5.41, 5.74) is 3.22. The van der Waals surface area contributed by atoms with Gasteiger partial charge in [0.2, 0.25) is 11.8 Å². The van der Waals surface area contributed by atoms with Gasteiger partial charge in [-0.15, -0.1) is 21.5 Å². The zero-order valence-corrected chi connectivity index (χ0v) is 18.7. The van der Waals surface area contributed by atoms with Gasteiger partial charge >= 0.3 is 0 Å². The number of rotatable bonds is 8. The van der Waals surface area contributed by atoms with Gasteiger partial charge in [-0.05, 0) is 23.3 Å². The lowest BCUT2D eigenvalue weighted by Gasteiger charge is -2.03. The normalized spacial score (nSPS) is 11.2.